The van der Waals surface area contributed by atoms with Crippen molar-refractivity contribution in [2.75, 3.05) is 27.4 Å². The van der Waals surface area contributed by atoms with Gasteiger partial charge in [-0.1, -0.05) is 23.2 Å². The van der Waals surface area contributed by atoms with Crippen LogP contribution in [0.15, 0.2) is 54.6 Å². The second-order valence-corrected chi connectivity index (χ2v) is 8.40. The van der Waals surface area contributed by atoms with Gasteiger partial charge in [0.15, 0.2) is 11.5 Å². The van der Waals surface area contributed by atoms with Crippen molar-refractivity contribution in [3.05, 3.63) is 87.2 Å². The lowest BCUT2D eigenvalue weighted by atomic mass is 9.91. The number of benzene rings is 3. The summed E-state index contributed by atoms with van der Waals surface area (Å²) in [7, 11) is 3.14. The van der Waals surface area contributed by atoms with Gasteiger partial charge in [0.05, 0.1) is 30.8 Å². The van der Waals surface area contributed by atoms with Gasteiger partial charge in [0, 0.05) is 11.6 Å². The molecular weight excluding hydrogens is 468 g/mol. The number of ether oxygens (including phenoxy) is 3. The first-order valence-corrected chi connectivity index (χ1v) is 11.1. The molecule has 0 saturated heterocycles. The monoisotopic (exact) mass is 489 g/mol. The smallest absolute Gasteiger partial charge is 0.256 e. The van der Waals surface area contributed by atoms with Gasteiger partial charge < -0.3 is 19.1 Å². The van der Waals surface area contributed by atoms with Crippen molar-refractivity contribution in [1.82, 2.24) is 4.90 Å². The van der Waals surface area contributed by atoms with Crippen LogP contribution in [0.2, 0.25) is 10.0 Å². The molecule has 1 aliphatic rings. The molecule has 1 atom stereocenters. The summed E-state index contributed by atoms with van der Waals surface area (Å²) in [5.74, 6) is 1.06. The summed E-state index contributed by atoms with van der Waals surface area (Å²) in [5, 5.41) is 0.742. The summed E-state index contributed by atoms with van der Waals surface area (Å²) in [6.45, 7) is 0.597. The molecule has 3 aromatic carbocycles. The van der Waals surface area contributed by atoms with Gasteiger partial charge in [-0.15, -0.1) is 0 Å². The fraction of sp³-hybridized carbons (Fsp3) is 0.240. The molecule has 33 heavy (non-hydrogen) atoms. The SMILES string of the molecule is COc1cc2c(cc1OC)C(COc1ccc(F)cc1)N(C(=O)c1cc(Cl)ccc1Cl)CC2. The average Bonchev–Trinajstić information content (AvgIpc) is 2.83. The topological polar surface area (TPSA) is 48.0 Å². The van der Waals surface area contributed by atoms with Crippen LogP contribution < -0.4 is 14.2 Å². The number of halogens is 3. The Morgan fingerprint density at radius 2 is 1.73 bits per heavy atom. The van der Waals surface area contributed by atoms with Gasteiger partial charge >= 0.3 is 0 Å². The molecule has 0 aliphatic carbocycles. The molecule has 4 rings (SSSR count). The normalized spacial score (nSPS) is 15.1. The summed E-state index contributed by atoms with van der Waals surface area (Å²) in [5.41, 5.74) is 2.23. The van der Waals surface area contributed by atoms with Crippen LogP contribution in [-0.4, -0.2) is 38.2 Å². The van der Waals surface area contributed by atoms with Crippen LogP contribution in [0.1, 0.15) is 27.5 Å². The zero-order chi connectivity index (χ0) is 23.5. The predicted octanol–water partition coefficient (Wildman–Crippen LogP) is 5.97. The first-order valence-electron chi connectivity index (χ1n) is 10.3. The average molecular weight is 490 g/mol. The Hall–Kier alpha value is -2.96. The summed E-state index contributed by atoms with van der Waals surface area (Å²) >= 11 is 12.5. The molecule has 0 radical (unpaired) electrons. The van der Waals surface area contributed by atoms with E-state index in [4.69, 9.17) is 37.4 Å². The van der Waals surface area contributed by atoms with E-state index in [9.17, 15) is 9.18 Å². The number of fused-ring (bicyclic) bond motifs is 1. The van der Waals surface area contributed by atoms with Crippen LogP contribution in [0.4, 0.5) is 4.39 Å². The van der Waals surface area contributed by atoms with Gasteiger partial charge in [-0.25, -0.2) is 4.39 Å². The lowest BCUT2D eigenvalue weighted by Crippen LogP contribution is -2.42. The summed E-state index contributed by atoms with van der Waals surface area (Å²) in [6.07, 6.45) is 0.618. The molecule has 3 aromatic rings. The fourth-order valence-electron chi connectivity index (χ4n) is 3.97. The van der Waals surface area contributed by atoms with E-state index < -0.39 is 6.04 Å². The van der Waals surface area contributed by atoms with E-state index in [2.05, 4.69) is 0 Å². The number of rotatable bonds is 6. The van der Waals surface area contributed by atoms with Crippen LogP contribution in [-0.2, 0) is 6.42 Å². The third-order valence-electron chi connectivity index (χ3n) is 5.64. The quantitative estimate of drug-likeness (QED) is 0.428. The van der Waals surface area contributed by atoms with E-state index in [-0.39, 0.29) is 18.3 Å². The highest BCUT2D eigenvalue weighted by Gasteiger charge is 2.34. The van der Waals surface area contributed by atoms with Crippen molar-refractivity contribution >= 4 is 29.1 Å². The minimum absolute atomic E-state index is 0.151. The molecule has 5 nitrogen and oxygen atoms in total. The molecule has 0 spiro atoms. The molecule has 0 aromatic heterocycles. The van der Waals surface area contributed by atoms with Crippen LogP contribution in [0.5, 0.6) is 17.2 Å². The number of hydrogen-bond acceptors (Lipinski definition) is 4. The van der Waals surface area contributed by atoms with E-state index in [1.807, 2.05) is 12.1 Å². The maximum atomic E-state index is 13.5. The van der Waals surface area contributed by atoms with E-state index in [0.29, 0.717) is 45.8 Å². The molecule has 172 valence electrons. The Morgan fingerprint density at radius 1 is 1.03 bits per heavy atom. The van der Waals surface area contributed by atoms with Gasteiger partial charge in [-0.3, -0.25) is 4.79 Å². The van der Waals surface area contributed by atoms with E-state index in [1.54, 1.807) is 49.5 Å². The highest BCUT2D eigenvalue weighted by Crippen LogP contribution is 2.39. The molecule has 0 saturated carbocycles. The van der Waals surface area contributed by atoms with Crippen LogP contribution in [0.3, 0.4) is 0 Å². The lowest BCUT2D eigenvalue weighted by Gasteiger charge is -2.38. The van der Waals surface area contributed by atoms with Crippen molar-refractivity contribution in [2.45, 2.75) is 12.5 Å². The Bertz CT molecular complexity index is 1170. The number of nitrogens with zero attached hydrogens (tertiary/aromatic N) is 1. The Morgan fingerprint density at radius 3 is 2.42 bits per heavy atom. The van der Waals surface area contributed by atoms with Crippen molar-refractivity contribution in [3.8, 4) is 17.2 Å². The predicted molar refractivity (Wildman–Crippen MR) is 125 cm³/mol. The molecule has 0 fully saturated rings. The first kappa shape index (κ1) is 23.2. The molecule has 8 heteroatoms. The van der Waals surface area contributed by atoms with Crippen molar-refractivity contribution < 1.29 is 23.4 Å². The molecule has 1 unspecified atom stereocenters. The highest BCUT2D eigenvalue weighted by atomic mass is 35.5. The number of amides is 1. The Labute approximate surface area is 201 Å². The minimum Gasteiger partial charge on any atom is -0.493 e. The summed E-state index contributed by atoms with van der Waals surface area (Å²) in [4.78, 5) is 15.3. The molecule has 1 amide bonds. The molecular formula is C25H22Cl2FNO4. The van der Waals surface area contributed by atoms with E-state index >= 15 is 0 Å². The molecule has 0 N–H and O–H groups in total. The molecule has 0 bridgehead atoms. The number of carbonyl (C=O) groups excluding carboxylic acids is 1. The number of methoxy groups -OCH3 is 2. The van der Waals surface area contributed by atoms with Gasteiger partial charge in [-0.2, -0.15) is 0 Å². The maximum Gasteiger partial charge on any atom is 0.256 e. The van der Waals surface area contributed by atoms with E-state index in [0.717, 1.165) is 11.1 Å². The third kappa shape index (κ3) is 4.87. The number of carbonyl (C=O) groups is 1. The number of hydrogen-bond donors (Lipinski definition) is 0. The zero-order valence-electron chi connectivity index (χ0n) is 18.1. The van der Waals surface area contributed by atoms with Crippen molar-refractivity contribution in [2.24, 2.45) is 0 Å². The second-order valence-electron chi connectivity index (χ2n) is 7.56. The Balaban J connectivity index is 1.73. The lowest BCUT2D eigenvalue weighted by molar-refractivity contribution is 0.0589. The second kappa shape index (κ2) is 9.89. The van der Waals surface area contributed by atoms with E-state index in [1.165, 1.54) is 12.1 Å². The third-order valence-corrected chi connectivity index (χ3v) is 6.21. The van der Waals surface area contributed by atoms with Crippen molar-refractivity contribution in [3.63, 3.8) is 0 Å². The fourth-order valence-corrected chi connectivity index (χ4v) is 4.34. The maximum absolute atomic E-state index is 13.5. The molecule has 1 aliphatic heterocycles. The van der Waals surface area contributed by atoms with Crippen LogP contribution in [0, 0.1) is 5.82 Å². The minimum atomic E-state index is -0.443. The standard InChI is InChI=1S/C25H22Cl2FNO4/c1-31-23-11-15-9-10-29(25(30)20-12-16(26)3-8-21(20)27)22(19(15)13-24(23)32-2)14-33-18-6-4-17(28)5-7-18/h3-8,11-13,22H,9-10,14H2,1-2H3. The van der Waals surface area contributed by atoms with Gasteiger partial charge in [-0.05, 0) is 72.1 Å². The summed E-state index contributed by atoms with van der Waals surface area (Å²) in [6, 6.07) is 13.9. The highest BCUT2D eigenvalue weighted by molar-refractivity contribution is 6.35. The summed E-state index contributed by atoms with van der Waals surface area (Å²) < 4.78 is 30.2. The zero-order valence-corrected chi connectivity index (χ0v) is 19.6. The van der Waals surface area contributed by atoms with Crippen LogP contribution in [0.25, 0.3) is 0 Å². The Kier molecular flexibility index (Phi) is 6.96. The van der Waals surface area contributed by atoms with Gasteiger partial charge in [0.1, 0.15) is 18.2 Å². The largest absolute Gasteiger partial charge is 0.493 e. The van der Waals surface area contributed by atoms with Crippen LogP contribution >= 0.6 is 23.2 Å². The van der Waals surface area contributed by atoms with Gasteiger partial charge in [0.2, 0.25) is 0 Å². The van der Waals surface area contributed by atoms with Gasteiger partial charge in [0.25, 0.3) is 5.91 Å². The molecule has 1 heterocycles. The first-order chi connectivity index (χ1) is 15.9. The van der Waals surface area contributed by atoms with Crippen molar-refractivity contribution in [1.29, 1.82) is 0 Å².